The molecule has 1 saturated heterocycles. The molecule has 3 rings (SSSR count). The number of ether oxygens (including phenoxy) is 1. The monoisotopic (exact) mass is 361 g/mol. The van der Waals surface area contributed by atoms with Gasteiger partial charge < -0.3 is 21.1 Å². The molecule has 144 valence electrons. The number of amides is 1. The van der Waals surface area contributed by atoms with E-state index in [4.69, 9.17) is 16.2 Å². The van der Waals surface area contributed by atoms with Gasteiger partial charge in [0.05, 0.1) is 6.10 Å². The van der Waals surface area contributed by atoms with Crippen molar-refractivity contribution in [3.8, 4) is 0 Å². The Kier molecular flexibility index (Phi) is 6.43. The average molecular weight is 361 g/mol. The number of nitrogen functional groups attached to an aromatic ring is 1. The van der Waals surface area contributed by atoms with Gasteiger partial charge in [-0.05, 0) is 44.6 Å². The predicted octanol–water partition coefficient (Wildman–Crippen LogP) is 1.69. The molecule has 0 bridgehead atoms. The van der Waals surface area contributed by atoms with Crippen molar-refractivity contribution in [3.63, 3.8) is 0 Å². The summed E-state index contributed by atoms with van der Waals surface area (Å²) in [4.78, 5) is 23.3. The zero-order valence-electron chi connectivity index (χ0n) is 15.6. The smallest absolute Gasteiger partial charge is 0.225 e. The fraction of sp³-hybridized carbons (Fsp3) is 0.737. The van der Waals surface area contributed by atoms with E-state index < -0.39 is 0 Å². The maximum absolute atomic E-state index is 13.0. The van der Waals surface area contributed by atoms with Gasteiger partial charge in [0.2, 0.25) is 11.9 Å². The van der Waals surface area contributed by atoms with Gasteiger partial charge in [-0.25, -0.2) is 9.97 Å². The quantitative estimate of drug-likeness (QED) is 0.826. The van der Waals surface area contributed by atoms with E-state index in [2.05, 4.69) is 16.9 Å². The summed E-state index contributed by atoms with van der Waals surface area (Å²) in [5.41, 5.74) is 12.9. The summed E-state index contributed by atoms with van der Waals surface area (Å²) in [6, 6.07) is 1.98. The fourth-order valence-electron chi connectivity index (χ4n) is 4.11. The van der Waals surface area contributed by atoms with E-state index in [-0.39, 0.29) is 24.0 Å². The summed E-state index contributed by atoms with van der Waals surface area (Å²) in [5, 5.41) is 0. The minimum Gasteiger partial charge on any atom is -0.377 e. The molecule has 2 heterocycles. The molecule has 26 heavy (non-hydrogen) atoms. The normalized spacial score (nSPS) is 27.5. The summed E-state index contributed by atoms with van der Waals surface area (Å²) < 4.78 is 5.88. The molecule has 1 aromatic heterocycles. The molecule has 7 nitrogen and oxygen atoms in total. The Labute approximate surface area is 155 Å². The maximum atomic E-state index is 13.0. The van der Waals surface area contributed by atoms with E-state index in [1.165, 1.54) is 0 Å². The fourth-order valence-corrected chi connectivity index (χ4v) is 4.11. The van der Waals surface area contributed by atoms with Crippen LogP contribution in [0.25, 0.3) is 0 Å². The van der Waals surface area contributed by atoms with Crippen LogP contribution in [-0.2, 0) is 9.53 Å². The van der Waals surface area contributed by atoms with Gasteiger partial charge in [0.1, 0.15) is 0 Å². The SMILES string of the molecule is CCCO[C@@H]1C[C@@H](C(=O)N2CCC(c3ccnc(N)n3)CC2)CC[C@H]1N. The van der Waals surface area contributed by atoms with Crippen LogP contribution in [-0.4, -0.2) is 52.6 Å². The number of hydrogen-bond donors (Lipinski definition) is 2. The third-order valence-corrected chi connectivity index (χ3v) is 5.65. The van der Waals surface area contributed by atoms with Crippen LogP contribution in [0.15, 0.2) is 12.3 Å². The molecule has 2 aliphatic rings. The number of piperidine rings is 1. The zero-order chi connectivity index (χ0) is 18.5. The van der Waals surface area contributed by atoms with Crippen molar-refractivity contribution < 1.29 is 9.53 Å². The van der Waals surface area contributed by atoms with Gasteiger partial charge in [-0.3, -0.25) is 4.79 Å². The van der Waals surface area contributed by atoms with Gasteiger partial charge in [-0.1, -0.05) is 6.92 Å². The minimum atomic E-state index is 0.0131. The second kappa shape index (κ2) is 8.77. The van der Waals surface area contributed by atoms with Crippen molar-refractivity contribution >= 4 is 11.9 Å². The van der Waals surface area contributed by atoms with Crippen molar-refractivity contribution in [1.29, 1.82) is 0 Å². The van der Waals surface area contributed by atoms with Crippen LogP contribution in [0.1, 0.15) is 57.1 Å². The van der Waals surface area contributed by atoms with E-state index >= 15 is 0 Å². The number of aromatic nitrogens is 2. The molecular formula is C19H31N5O2. The molecule has 1 aliphatic carbocycles. The van der Waals surface area contributed by atoms with Crippen molar-refractivity contribution in [2.45, 2.75) is 63.5 Å². The molecule has 4 N–H and O–H groups in total. The number of likely N-dealkylation sites (tertiary alicyclic amines) is 1. The zero-order valence-corrected chi connectivity index (χ0v) is 15.6. The van der Waals surface area contributed by atoms with E-state index in [1.54, 1.807) is 6.20 Å². The van der Waals surface area contributed by atoms with Crippen molar-refractivity contribution in [3.05, 3.63) is 18.0 Å². The first kappa shape index (κ1) is 19.0. The Morgan fingerprint density at radius 1 is 1.31 bits per heavy atom. The summed E-state index contributed by atoms with van der Waals surface area (Å²) in [5.74, 6) is 0.980. The molecule has 2 fully saturated rings. The van der Waals surface area contributed by atoms with Crippen LogP contribution < -0.4 is 11.5 Å². The number of carbonyl (C=O) groups excluding carboxylic acids is 1. The van der Waals surface area contributed by atoms with E-state index in [1.807, 2.05) is 11.0 Å². The Morgan fingerprint density at radius 3 is 2.77 bits per heavy atom. The number of anilines is 1. The first-order chi connectivity index (χ1) is 12.6. The molecule has 0 spiro atoms. The molecule has 3 atom stereocenters. The lowest BCUT2D eigenvalue weighted by Gasteiger charge is -2.38. The summed E-state index contributed by atoms with van der Waals surface area (Å²) in [6.45, 7) is 4.35. The van der Waals surface area contributed by atoms with Gasteiger partial charge in [-0.15, -0.1) is 0 Å². The highest BCUT2D eigenvalue weighted by atomic mass is 16.5. The van der Waals surface area contributed by atoms with Crippen LogP contribution in [0, 0.1) is 5.92 Å². The second-order valence-corrected chi connectivity index (χ2v) is 7.52. The van der Waals surface area contributed by atoms with E-state index in [9.17, 15) is 4.79 Å². The highest BCUT2D eigenvalue weighted by Gasteiger charge is 2.36. The molecule has 1 saturated carbocycles. The Hall–Kier alpha value is -1.73. The van der Waals surface area contributed by atoms with Gasteiger partial charge in [0.25, 0.3) is 0 Å². The standard InChI is InChI=1S/C19H31N5O2/c1-2-11-26-17-12-14(3-4-15(17)20)18(25)24-9-6-13(7-10-24)16-5-8-22-19(21)23-16/h5,8,13-15,17H,2-4,6-7,9-12,20H2,1H3,(H2,21,22,23)/t14-,15+,17+/m0/s1. The first-order valence-electron chi connectivity index (χ1n) is 9.82. The molecule has 0 radical (unpaired) electrons. The number of carbonyl (C=O) groups is 1. The molecule has 1 aromatic rings. The van der Waals surface area contributed by atoms with Crippen LogP contribution in [0.2, 0.25) is 0 Å². The Bertz CT molecular complexity index is 603. The Morgan fingerprint density at radius 2 is 2.08 bits per heavy atom. The van der Waals surface area contributed by atoms with Crippen LogP contribution in [0.3, 0.4) is 0 Å². The highest BCUT2D eigenvalue weighted by Crippen LogP contribution is 2.31. The molecule has 1 aliphatic heterocycles. The van der Waals surface area contributed by atoms with Gasteiger partial charge in [0.15, 0.2) is 0 Å². The van der Waals surface area contributed by atoms with Crippen molar-refractivity contribution in [2.24, 2.45) is 11.7 Å². The largest absolute Gasteiger partial charge is 0.377 e. The maximum Gasteiger partial charge on any atom is 0.225 e. The van der Waals surface area contributed by atoms with Crippen LogP contribution in [0.5, 0.6) is 0 Å². The lowest BCUT2D eigenvalue weighted by molar-refractivity contribution is -0.140. The van der Waals surface area contributed by atoms with Crippen molar-refractivity contribution in [1.82, 2.24) is 14.9 Å². The summed E-state index contributed by atoms with van der Waals surface area (Å²) in [6.07, 6.45) is 7.02. The highest BCUT2D eigenvalue weighted by molar-refractivity contribution is 5.79. The molecular weight excluding hydrogens is 330 g/mol. The van der Waals surface area contributed by atoms with Crippen LogP contribution in [0.4, 0.5) is 5.95 Å². The summed E-state index contributed by atoms with van der Waals surface area (Å²) >= 11 is 0. The molecule has 1 amide bonds. The second-order valence-electron chi connectivity index (χ2n) is 7.52. The average Bonchev–Trinajstić information content (AvgIpc) is 2.67. The summed E-state index contributed by atoms with van der Waals surface area (Å²) in [7, 11) is 0. The number of nitrogens with two attached hydrogens (primary N) is 2. The van der Waals surface area contributed by atoms with E-state index in [0.29, 0.717) is 18.5 Å². The van der Waals surface area contributed by atoms with Gasteiger partial charge >= 0.3 is 0 Å². The lowest BCUT2D eigenvalue weighted by atomic mass is 9.82. The molecule has 0 aromatic carbocycles. The van der Waals surface area contributed by atoms with Gasteiger partial charge in [0, 0.05) is 49.5 Å². The number of nitrogens with zero attached hydrogens (tertiary/aromatic N) is 3. The number of hydrogen-bond acceptors (Lipinski definition) is 6. The first-order valence-corrected chi connectivity index (χ1v) is 9.82. The molecule has 7 heteroatoms. The lowest BCUT2D eigenvalue weighted by Crippen LogP contribution is -2.48. The minimum absolute atomic E-state index is 0.0131. The third-order valence-electron chi connectivity index (χ3n) is 5.65. The topological polar surface area (TPSA) is 107 Å². The third kappa shape index (κ3) is 4.51. The van der Waals surface area contributed by atoms with Crippen molar-refractivity contribution in [2.75, 3.05) is 25.4 Å². The van der Waals surface area contributed by atoms with E-state index in [0.717, 1.165) is 57.3 Å². The predicted molar refractivity (Wildman–Crippen MR) is 100 cm³/mol. The van der Waals surface area contributed by atoms with Gasteiger partial charge in [-0.2, -0.15) is 0 Å². The Balaban J connectivity index is 1.53. The van der Waals surface area contributed by atoms with Crippen LogP contribution >= 0.6 is 0 Å². The molecule has 0 unspecified atom stereocenters. The number of rotatable bonds is 5.